The predicted molar refractivity (Wildman–Crippen MR) is 59.5 cm³/mol. The Kier molecular flexibility index (Phi) is 5.58. The van der Waals surface area contributed by atoms with Gasteiger partial charge in [-0.05, 0) is 37.5 Å². The minimum absolute atomic E-state index is 0.178. The third kappa shape index (κ3) is 4.09. The fourth-order valence-corrected chi connectivity index (χ4v) is 2.69. The third-order valence-electron chi connectivity index (χ3n) is 3.53. The van der Waals surface area contributed by atoms with Crippen LogP contribution in [0.3, 0.4) is 0 Å². The summed E-state index contributed by atoms with van der Waals surface area (Å²) in [5.41, 5.74) is 0. The van der Waals surface area contributed by atoms with Crippen molar-refractivity contribution in [2.75, 3.05) is 6.61 Å². The molecule has 4 unspecified atom stereocenters. The van der Waals surface area contributed by atoms with Crippen LogP contribution in [-0.4, -0.2) is 34.1 Å². The van der Waals surface area contributed by atoms with Crippen LogP contribution < -0.4 is 0 Å². The molecule has 0 aromatic heterocycles. The molecular formula is C12H24O3. The molecule has 0 saturated heterocycles. The molecular weight excluding hydrogens is 192 g/mol. The lowest BCUT2D eigenvalue weighted by Gasteiger charge is -2.34. The topological polar surface area (TPSA) is 60.7 Å². The van der Waals surface area contributed by atoms with Gasteiger partial charge in [0.1, 0.15) is 0 Å². The van der Waals surface area contributed by atoms with Gasteiger partial charge in [0.15, 0.2) is 0 Å². The Bertz CT molecular complexity index is 172. The van der Waals surface area contributed by atoms with Crippen LogP contribution in [0.4, 0.5) is 0 Å². The number of rotatable bonds is 5. The molecule has 1 aliphatic carbocycles. The van der Waals surface area contributed by atoms with E-state index in [-0.39, 0.29) is 18.6 Å². The lowest BCUT2D eigenvalue weighted by atomic mass is 9.75. The third-order valence-corrected chi connectivity index (χ3v) is 3.53. The van der Waals surface area contributed by atoms with E-state index in [4.69, 9.17) is 5.11 Å². The zero-order valence-electron chi connectivity index (χ0n) is 9.60. The van der Waals surface area contributed by atoms with Gasteiger partial charge in [0.05, 0.1) is 18.8 Å². The van der Waals surface area contributed by atoms with Crippen molar-refractivity contribution in [3.05, 3.63) is 0 Å². The summed E-state index contributed by atoms with van der Waals surface area (Å²) in [5.74, 6) is 0.881. The number of aliphatic hydroxyl groups is 3. The zero-order chi connectivity index (χ0) is 11.3. The Morgan fingerprint density at radius 2 is 2.07 bits per heavy atom. The molecule has 1 fully saturated rings. The van der Waals surface area contributed by atoms with Gasteiger partial charge in [-0.2, -0.15) is 0 Å². The van der Waals surface area contributed by atoms with Gasteiger partial charge in [0.2, 0.25) is 0 Å². The monoisotopic (exact) mass is 216 g/mol. The largest absolute Gasteiger partial charge is 0.394 e. The summed E-state index contributed by atoms with van der Waals surface area (Å²) >= 11 is 0. The fourth-order valence-electron chi connectivity index (χ4n) is 2.69. The van der Waals surface area contributed by atoms with Crippen molar-refractivity contribution in [3.8, 4) is 0 Å². The van der Waals surface area contributed by atoms with Gasteiger partial charge in [-0.25, -0.2) is 0 Å². The highest BCUT2D eigenvalue weighted by Crippen LogP contribution is 2.34. The average molecular weight is 216 g/mol. The molecule has 0 radical (unpaired) electrons. The Labute approximate surface area is 92.1 Å². The summed E-state index contributed by atoms with van der Waals surface area (Å²) < 4.78 is 0. The Morgan fingerprint density at radius 3 is 2.67 bits per heavy atom. The van der Waals surface area contributed by atoms with E-state index in [0.29, 0.717) is 12.3 Å². The minimum Gasteiger partial charge on any atom is -0.394 e. The van der Waals surface area contributed by atoms with Gasteiger partial charge < -0.3 is 15.3 Å². The van der Waals surface area contributed by atoms with E-state index in [1.54, 1.807) is 0 Å². The summed E-state index contributed by atoms with van der Waals surface area (Å²) in [4.78, 5) is 0. The van der Waals surface area contributed by atoms with Gasteiger partial charge in [-0.1, -0.05) is 19.8 Å². The van der Waals surface area contributed by atoms with E-state index in [1.165, 1.54) is 12.8 Å². The Morgan fingerprint density at radius 1 is 1.33 bits per heavy atom. The second-order valence-electron chi connectivity index (χ2n) is 4.87. The summed E-state index contributed by atoms with van der Waals surface area (Å²) in [5, 5.41) is 28.0. The molecule has 90 valence electrons. The highest BCUT2D eigenvalue weighted by atomic mass is 16.3. The van der Waals surface area contributed by atoms with E-state index in [0.717, 1.165) is 19.3 Å². The maximum Gasteiger partial charge on any atom is 0.0774 e. The van der Waals surface area contributed by atoms with Gasteiger partial charge in [-0.3, -0.25) is 0 Å². The van der Waals surface area contributed by atoms with Crippen molar-refractivity contribution < 1.29 is 15.3 Å². The summed E-state index contributed by atoms with van der Waals surface area (Å²) in [6.07, 6.45) is 4.98. The van der Waals surface area contributed by atoms with E-state index >= 15 is 0 Å². The normalized spacial score (nSPS) is 34.0. The molecule has 3 heteroatoms. The quantitative estimate of drug-likeness (QED) is 0.649. The van der Waals surface area contributed by atoms with Gasteiger partial charge in [0.25, 0.3) is 0 Å². The lowest BCUT2D eigenvalue weighted by Crippen LogP contribution is -2.32. The fraction of sp³-hybridized carbons (Fsp3) is 1.00. The highest BCUT2D eigenvalue weighted by Gasteiger charge is 2.29. The van der Waals surface area contributed by atoms with Crippen molar-refractivity contribution in [2.45, 2.75) is 57.7 Å². The second-order valence-corrected chi connectivity index (χ2v) is 4.87. The molecule has 0 amide bonds. The maximum atomic E-state index is 9.81. The van der Waals surface area contributed by atoms with Crippen LogP contribution in [0.1, 0.15) is 45.4 Å². The minimum atomic E-state index is -0.662. The molecule has 0 bridgehead atoms. The van der Waals surface area contributed by atoms with Crippen molar-refractivity contribution >= 4 is 0 Å². The molecule has 3 N–H and O–H groups in total. The summed E-state index contributed by atoms with van der Waals surface area (Å²) in [6, 6.07) is 0. The molecule has 4 atom stereocenters. The molecule has 3 nitrogen and oxygen atoms in total. The smallest absolute Gasteiger partial charge is 0.0774 e. The zero-order valence-corrected chi connectivity index (χ0v) is 9.60. The van der Waals surface area contributed by atoms with Gasteiger partial charge >= 0.3 is 0 Å². The van der Waals surface area contributed by atoms with Crippen molar-refractivity contribution in [1.82, 2.24) is 0 Å². The van der Waals surface area contributed by atoms with Crippen molar-refractivity contribution in [2.24, 2.45) is 11.8 Å². The average Bonchev–Trinajstić information content (AvgIpc) is 2.23. The summed E-state index contributed by atoms with van der Waals surface area (Å²) in [6.45, 7) is 1.99. The number of aliphatic hydroxyl groups excluding tert-OH is 3. The Hall–Kier alpha value is -0.120. The SMILES string of the molecule is CCCC1CCC(O)C(CC(O)CO)C1. The van der Waals surface area contributed by atoms with E-state index in [2.05, 4.69) is 6.92 Å². The van der Waals surface area contributed by atoms with Gasteiger partial charge in [-0.15, -0.1) is 0 Å². The van der Waals surface area contributed by atoms with E-state index in [1.807, 2.05) is 0 Å². The Balaban J connectivity index is 2.39. The first-order chi connectivity index (χ1) is 7.17. The number of hydrogen-bond donors (Lipinski definition) is 3. The molecule has 1 saturated carbocycles. The van der Waals surface area contributed by atoms with Crippen molar-refractivity contribution in [3.63, 3.8) is 0 Å². The number of hydrogen-bond acceptors (Lipinski definition) is 3. The van der Waals surface area contributed by atoms with Crippen LogP contribution in [0.2, 0.25) is 0 Å². The first-order valence-corrected chi connectivity index (χ1v) is 6.14. The van der Waals surface area contributed by atoms with Crippen molar-refractivity contribution in [1.29, 1.82) is 0 Å². The van der Waals surface area contributed by atoms with Crippen LogP contribution in [0.15, 0.2) is 0 Å². The molecule has 0 aromatic rings. The standard InChI is InChI=1S/C12H24O3/c1-2-3-9-4-5-12(15)10(6-9)7-11(14)8-13/h9-15H,2-8H2,1H3. The molecule has 0 spiro atoms. The second kappa shape index (κ2) is 6.46. The molecule has 1 rings (SSSR count). The molecule has 15 heavy (non-hydrogen) atoms. The lowest BCUT2D eigenvalue weighted by molar-refractivity contribution is 0.00142. The van der Waals surface area contributed by atoms with Crippen LogP contribution in [0.25, 0.3) is 0 Å². The first-order valence-electron chi connectivity index (χ1n) is 6.14. The highest BCUT2D eigenvalue weighted by molar-refractivity contribution is 4.81. The molecule has 0 aromatic carbocycles. The molecule has 0 heterocycles. The molecule has 1 aliphatic rings. The first kappa shape index (κ1) is 12.9. The van der Waals surface area contributed by atoms with E-state index in [9.17, 15) is 10.2 Å². The van der Waals surface area contributed by atoms with E-state index < -0.39 is 6.10 Å². The van der Waals surface area contributed by atoms with Crippen LogP contribution in [0.5, 0.6) is 0 Å². The van der Waals surface area contributed by atoms with Crippen LogP contribution in [0, 0.1) is 11.8 Å². The van der Waals surface area contributed by atoms with Crippen LogP contribution >= 0.6 is 0 Å². The maximum absolute atomic E-state index is 9.81. The summed E-state index contributed by atoms with van der Waals surface area (Å²) in [7, 11) is 0. The predicted octanol–water partition coefficient (Wildman–Crippen LogP) is 1.31. The van der Waals surface area contributed by atoms with Crippen LogP contribution in [-0.2, 0) is 0 Å². The van der Waals surface area contributed by atoms with Gasteiger partial charge in [0, 0.05) is 0 Å². The molecule has 0 aliphatic heterocycles.